The Labute approximate surface area is 431 Å². The summed E-state index contributed by atoms with van der Waals surface area (Å²) in [6.45, 7) is 8.69. The number of hydrogen-bond donors (Lipinski definition) is 0. The molecule has 12 aromatic rings. The minimum absolute atomic E-state index is 0.0735. The van der Waals surface area contributed by atoms with Crippen molar-refractivity contribution in [2.45, 2.75) is 39.5 Å². The van der Waals surface area contributed by atoms with Gasteiger partial charge in [0.05, 0.1) is 11.0 Å². The number of para-hydroxylation sites is 1. The Hall–Kier alpha value is -9.19. The zero-order valence-corrected chi connectivity index (χ0v) is 41.8. The van der Waals surface area contributed by atoms with E-state index < -0.39 is 0 Å². The molecule has 14 rings (SSSR count). The van der Waals surface area contributed by atoms with Crippen molar-refractivity contribution in [3.8, 4) is 84.4 Å². The van der Waals surface area contributed by atoms with Gasteiger partial charge in [0.25, 0.3) is 0 Å². The predicted octanol–water partition coefficient (Wildman–Crippen LogP) is 18.2. The Morgan fingerprint density at radius 2 is 1.04 bits per heavy atom. The van der Waals surface area contributed by atoms with E-state index in [-0.39, 0.29) is 5.41 Å². The van der Waals surface area contributed by atoms with Gasteiger partial charge in [0, 0.05) is 50.2 Å². The first kappa shape index (κ1) is 44.7. The van der Waals surface area contributed by atoms with Gasteiger partial charge < -0.3 is 4.42 Å². The minimum Gasteiger partial charge on any atom is -0.460 e. The molecule has 9 aromatic carbocycles. The van der Waals surface area contributed by atoms with E-state index in [1.54, 1.807) is 0 Å². The van der Waals surface area contributed by atoms with Crippen LogP contribution < -0.4 is 0 Å². The maximum atomic E-state index is 6.51. The molecule has 0 spiro atoms. The second-order valence-electron chi connectivity index (χ2n) is 19.5. The normalized spacial score (nSPS) is 13.1. The Bertz CT molecular complexity index is 4210. The van der Waals surface area contributed by atoms with Crippen LogP contribution in [-0.2, 0) is 11.8 Å². The van der Waals surface area contributed by atoms with Crippen molar-refractivity contribution in [2.24, 2.45) is 0 Å². The summed E-state index contributed by atoms with van der Waals surface area (Å²) in [7, 11) is 0. The molecule has 0 saturated heterocycles. The fourth-order valence-electron chi connectivity index (χ4n) is 11.4. The number of aromatic nitrogens is 4. The van der Waals surface area contributed by atoms with E-state index in [0.717, 1.165) is 95.0 Å². The average Bonchev–Trinajstić information content (AvgIpc) is 3.99. The van der Waals surface area contributed by atoms with Crippen molar-refractivity contribution in [1.29, 1.82) is 0 Å². The standard InChI is InChI=1S/C67H46N4O.C2H6/c1-67(2)57-31-13-12-27-55(57)62-50(28-17-32-58(62)67)47-24-14-22-44(38-47)45-23-15-25-48(39-45)51-29-16-30-54-56-40-46(42-18-6-3-7-19-42)35-37-59(56)71(63(51)54)66-69-64(43-20-8-4-9-21-43)68-65(70-66)49-34-36-53-52-26-10-5-11-33-60(52)72-61(53)41-49;1-2/h3-32,34-41H,33H2,1-2H3;1-2H3. The molecule has 2 aliphatic rings. The van der Waals surface area contributed by atoms with Crippen LogP contribution in [0.25, 0.3) is 123 Å². The number of benzene rings is 9. The Balaban J connectivity index is 0.00000261. The van der Waals surface area contributed by atoms with E-state index in [1.165, 1.54) is 33.4 Å². The van der Waals surface area contributed by atoms with Crippen LogP contribution in [0.4, 0.5) is 0 Å². The highest BCUT2D eigenvalue weighted by molar-refractivity contribution is 6.14. The first-order valence-corrected chi connectivity index (χ1v) is 25.7. The van der Waals surface area contributed by atoms with Gasteiger partial charge in [-0.3, -0.25) is 4.57 Å². The smallest absolute Gasteiger partial charge is 0.238 e. The molecule has 2 aliphatic carbocycles. The zero-order chi connectivity index (χ0) is 49.9. The molecule has 0 N–H and O–H groups in total. The molecular weight excluding hydrogens is 901 g/mol. The number of allylic oxidation sites excluding steroid dienone is 3. The summed E-state index contributed by atoms with van der Waals surface area (Å²) in [5.74, 6) is 2.64. The summed E-state index contributed by atoms with van der Waals surface area (Å²) in [4.78, 5) is 16.0. The monoisotopic (exact) mass is 952 g/mol. The van der Waals surface area contributed by atoms with E-state index in [1.807, 2.05) is 32.0 Å². The van der Waals surface area contributed by atoms with E-state index >= 15 is 0 Å². The molecule has 74 heavy (non-hydrogen) atoms. The first-order valence-electron chi connectivity index (χ1n) is 25.7. The third-order valence-electron chi connectivity index (χ3n) is 14.9. The van der Waals surface area contributed by atoms with Crippen molar-refractivity contribution >= 4 is 38.9 Å². The molecule has 3 heterocycles. The third-order valence-corrected chi connectivity index (χ3v) is 14.9. The van der Waals surface area contributed by atoms with E-state index in [0.29, 0.717) is 17.6 Å². The van der Waals surface area contributed by atoms with Crippen molar-refractivity contribution in [3.63, 3.8) is 0 Å². The second-order valence-corrected chi connectivity index (χ2v) is 19.5. The van der Waals surface area contributed by atoms with Crippen LogP contribution in [0.15, 0.2) is 229 Å². The van der Waals surface area contributed by atoms with Crippen LogP contribution in [0.3, 0.4) is 0 Å². The van der Waals surface area contributed by atoms with E-state index in [2.05, 4.69) is 231 Å². The lowest BCUT2D eigenvalue weighted by molar-refractivity contribution is 0.564. The van der Waals surface area contributed by atoms with Gasteiger partial charge >= 0.3 is 0 Å². The molecule has 0 aliphatic heterocycles. The molecule has 0 unspecified atom stereocenters. The lowest BCUT2D eigenvalue weighted by Gasteiger charge is -2.21. The van der Waals surface area contributed by atoms with Crippen LogP contribution >= 0.6 is 0 Å². The number of hydrogen-bond acceptors (Lipinski definition) is 4. The molecule has 0 bridgehead atoms. The Kier molecular flexibility index (Phi) is 11.0. The van der Waals surface area contributed by atoms with Crippen molar-refractivity contribution in [2.75, 3.05) is 0 Å². The Morgan fingerprint density at radius 1 is 0.446 bits per heavy atom. The van der Waals surface area contributed by atoms with Gasteiger partial charge in [-0.25, -0.2) is 4.98 Å². The van der Waals surface area contributed by atoms with Crippen LogP contribution in [0.5, 0.6) is 0 Å². The van der Waals surface area contributed by atoms with Crippen LogP contribution in [-0.4, -0.2) is 19.5 Å². The third kappa shape index (κ3) is 7.42. The molecule has 354 valence electrons. The van der Waals surface area contributed by atoms with Crippen molar-refractivity contribution < 1.29 is 4.42 Å². The molecule has 0 saturated carbocycles. The van der Waals surface area contributed by atoms with E-state index in [4.69, 9.17) is 19.4 Å². The fourth-order valence-corrected chi connectivity index (χ4v) is 11.4. The lowest BCUT2D eigenvalue weighted by atomic mass is 9.82. The fraction of sp³-hybridized carbons (Fsp3) is 0.0870. The van der Waals surface area contributed by atoms with Crippen molar-refractivity contribution in [1.82, 2.24) is 19.5 Å². The molecule has 0 radical (unpaired) electrons. The maximum Gasteiger partial charge on any atom is 0.238 e. The van der Waals surface area contributed by atoms with Gasteiger partial charge in [0.2, 0.25) is 5.95 Å². The highest BCUT2D eigenvalue weighted by Crippen LogP contribution is 2.52. The summed E-state index contributed by atoms with van der Waals surface area (Å²) in [5.41, 5.74) is 20.3. The van der Waals surface area contributed by atoms with Crippen LogP contribution in [0, 0.1) is 0 Å². The topological polar surface area (TPSA) is 56.7 Å². The average molecular weight is 953 g/mol. The zero-order valence-electron chi connectivity index (χ0n) is 41.8. The maximum absolute atomic E-state index is 6.51. The molecule has 3 aromatic heterocycles. The molecule has 0 fully saturated rings. The highest BCUT2D eigenvalue weighted by atomic mass is 16.3. The summed E-state index contributed by atoms with van der Waals surface area (Å²) in [6.07, 6.45) is 9.14. The van der Waals surface area contributed by atoms with Gasteiger partial charge in [-0.2, -0.15) is 9.97 Å². The summed E-state index contributed by atoms with van der Waals surface area (Å²) >= 11 is 0. The molecular formula is C69H52N4O. The number of nitrogens with zero attached hydrogens (tertiary/aromatic N) is 4. The molecule has 0 amide bonds. The van der Waals surface area contributed by atoms with Gasteiger partial charge in [0.15, 0.2) is 11.6 Å². The van der Waals surface area contributed by atoms with Gasteiger partial charge in [-0.15, -0.1) is 0 Å². The second kappa shape index (κ2) is 18.1. The SMILES string of the molecule is CC.CC1(C)c2ccccc2-c2c(-c3cccc(-c4cccc(-c5cccc6c7cc(-c8ccccc8)ccc7n(-c7nc(-c8ccccc8)nc(-c8ccc9c%10c(oc9c8)CC=CC=C%10)n7)c56)c4)c3)cccc21. The molecule has 5 heteroatoms. The lowest BCUT2D eigenvalue weighted by Crippen LogP contribution is -2.14. The first-order chi connectivity index (χ1) is 36.4. The van der Waals surface area contributed by atoms with E-state index in [9.17, 15) is 0 Å². The van der Waals surface area contributed by atoms with Crippen LogP contribution in [0.1, 0.15) is 50.1 Å². The predicted molar refractivity (Wildman–Crippen MR) is 307 cm³/mol. The quantitative estimate of drug-likeness (QED) is 0.160. The number of furan rings is 1. The van der Waals surface area contributed by atoms with Gasteiger partial charge in [0.1, 0.15) is 11.3 Å². The molecule has 0 atom stereocenters. The van der Waals surface area contributed by atoms with Gasteiger partial charge in [-0.1, -0.05) is 222 Å². The minimum atomic E-state index is -0.0735. The summed E-state index contributed by atoms with van der Waals surface area (Å²) in [6, 6.07) is 74.2. The highest BCUT2D eigenvalue weighted by Gasteiger charge is 2.36. The largest absolute Gasteiger partial charge is 0.460 e. The van der Waals surface area contributed by atoms with Crippen LogP contribution in [0.2, 0.25) is 0 Å². The summed E-state index contributed by atoms with van der Waals surface area (Å²) in [5, 5.41) is 3.29. The number of fused-ring (bicyclic) bond motifs is 9. The molecule has 5 nitrogen and oxygen atoms in total. The Morgan fingerprint density at radius 3 is 1.82 bits per heavy atom. The van der Waals surface area contributed by atoms with Crippen molar-refractivity contribution in [3.05, 3.63) is 247 Å². The summed E-state index contributed by atoms with van der Waals surface area (Å²) < 4.78 is 8.76. The van der Waals surface area contributed by atoms with Gasteiger partial charge in [-0.05, 0) is 97.6 Å². The number of rotatable bonds is 7.